The highest BCUT2D eigenvalue weighted by Gasteiger charge is 2.43. The lowest BCUT2D eigenvalue weighted by molar-refractivity contribution is -0.137. The van der Waals surface area contributed by atoms with E-state index in [4.69, 9.17) is 10.0 Å². The van der Waals surface area contributed by atoms with Crippen LogP contribution in [-0.4, -0.2) is 17.2 Å². The summed E-state index contributed by atoms with van der Waals surface area (Å²) in [6.07, 6.45) is -1.34. The van der Waals surface area contributed by atoms with Gasteiger partial charge in [-0.2, -0.15) is 13.2 Å². The number of hydrogen-bond acceptors (Lipinski definition) is 2. The van der Waals surface area contributed by atoms with Gasteiger partial charge in [-0.3, -0.25) is 0 Å². The van der Waals surface area contributed by atoms with Crippen LogP contribution in [-0.2, 0) is 11.6 Å². The van der Waals surface area contributed by atoms with Gasteiger partial charge in [0.1, 0.15) is 0 Å². The second kappa shape index (κ2) is 4.44. The van der Waals surface area contributed by atoms with Crippen molar-refractivity contribution in [3.05, 3.63) is 47.4 Å². The quantitative estimate of drug-likeness (QED) is 0.814. The minimum Gasteiger partial charge on any atom is -0.424 e. The molecule has 0 saturated heterocycles. The van der Waals surface area contributed by atoms with Gasteiger partial charge in [0.25, 0.3) is 0 Å². The summed E-state index contributed by atoms with van der Waals surface area (Å²) in [4.78, 5) is 0. The highest BCUT2D eigenvalue weighted by molar-refractivity contribution is 6.47. The van der Waals surface area contributed by atoms with Crippen molar-refractivity contribution < 1.29 is 23.2 Å². The first kappa shape index (κ1) is 13.2. The molecule has 0 heterocycles. The topological polar surface area (TPSA) is 40.5 Å². The smallest absolute Gasteiger partial charge is 0.424 e. The number of alkyl halides is 3. The van der Waals surface area contributed by atoms with Gasteiger partial charge in [0.05, 0.1) is 5.56 Å². The van der Waals surface area contributed by atoms with Crippen molar-refractivity contribution in [2.45, 2.75) is 24.4 Å². The molecule has 1 aromatic carbocycles. The van der Waals surface area contributed by atoms with Crippen LogP contribution in [0.4, 0.5) is 13.2 Å². The lowest BCUT2D eigenvalue weighted by Gasteiger charge is -2.14. The maximum atomic E-state index is 12.6. The third-order valence-electron chi connectivity index (χ3n) is 3.14. The van der Waals surface area contributed by atoms with Gasteiger partial charge >= 0.3 is 13.3 Å². The molecule has 1 aromatic rings. The summed E-state index contributed by atoms with van der Waals surface area (Å²) < 4.78 is 37.8. The summed E-state index contributed by atoms with van der Waals surface area (Å²) >= 11 is 0. The van der Waals surface area contributed by atoms with Crippen LogP contribution in [0, 0.1) is 0 Å². The van der Waals surface area contributed by atoms with Crippen LogP contribution in [0.5, 0.6) is 0 Å². The summed E-state index contributed by atoms with van der Waals surface area (Å²) in [6.45, 7) is 0. The third kappa shape index (κ3) is 2.76. The number of benzene rings is 1. The zero-order valence-corrected chi connectivity index (χ0v) is 9.48. The lowest BCUT2D eigenvalue weighted by atomic mass is 9.85. The van der Waals surface area contributed by atoms with E-state index in [-0.39, 0.29) is 0 Å². The van der Waals surface area contributed by atoms with Crippen LogP contribution in [0.3, 0.4) is 0 Å². The number of allylic oxidation sites excluding steroid dienone is 1. The van der Waals surface area contributed by atoms with Gasteiger partial charge in [0.2, 0.25) is 0 Å². The monoisotopic (exact) mass is 256 g/mol. The Labute approximate surface area is 103 Å². The van der Waals surface area contributed by atoms with Gasteiger partial charge in [0.15, 0.2) is 0 Å². The standard InChI is InChI=1S/C12H12BF3O2/c14-12(15,16)10-3-1-2-9(8-10)11(4-5-11)6-7-13(17)18/h1-3,6-8,17-18H,4-5H2/b7-6+. The third-order valence-corrected chi connectivity index (χ3v) is 3.14. The molecule has 6 heteroatoms. The second-order valence-corrected chi connectivity index (χ2v) is 4.51. The maximum Gasteiger partial charge on any atom is 0.480 e. The van der Waals surface area contributed by atoms with E-state index < -0.39 is 24.3 Å². The molecule has 0 aliphatic heterocycles. The van der Waals surface area contributed by atoms with E-state index in [9.17, 15) is 13.2 Å². The van der Waals surface area contributed by atoms with Crippen molar-refractivity contribution in [1.29, 1.82) is 0 Å². The molecule has 2 nitrogen and oxygen atoms in total. The molecule has 1 aliphatic rings. The zero-order valence-electron chi connectivity index (χ0n) is 9.48. The highest BCUT2D eigenvalue weighted by Crippen LogP contribution is 2.50. The number of hydrogen-bond donors (Lipinski definition) is 2. The van der Waals surface area contributed by atoms with E-state index >= 15 is 0 Å². The first-order valence-electron chi connectivity index (χ1n) is 5.57. The van der Waals surface area contributed by atoms with E-state index in [1.54, 1.807) is 12.1 Å². The Balaban J connectivity index is 2.29. The Bertz CT molecular complexity index is 465. The van der Waals surface area contributed by atoms with Gasteiger partial charge in [-0.15, -0.1) is 0 Å². The lowest BCUT2D eigenvalue weighted by Crippen LogP contribution is -2.11. The summed E-state index contributed by atoms with van der Waals surface area (Å²) in [5.74, 6) is 1.19. The first-order chi connectivity index (χ1) is 8.33. The van der Waals surface area contributed by atoms with Gasteiger partial charge < -0.3 is 10.0 Å². The highest BCUT2D eigenvalue weighted by atomic mass is 19.4. The van der Waals surface area contributed by atoms with E-state index in [0.717, 1.165) is 25.0 Å². The Hall–Kier alpha value is -1.27. The van der Waals surface area contributed by atoms with Crippen LogP contribution in [0.2, 0.25) is 0 Å². The van der Waals surface area contributed by atoms with Crippen LogP contribution >= 0.6 is 0 Å². The molecule has 2 N–H and O–H groups in total. The second-order valence-electron chi connectivity index (χ2n) is 4.51. The average molecular weight is 256 g/mol. The Kier molecular flexibility index (Phi) is 3.25. The van der Waals surface area contributed by atoms with E-state index in [2.05, 4.69) is 0 Å². The van der Waals surface area contributed by atoms with Crippen molar-refractivity contribution >= 4 is 7.12 Å². The fourth-order valence-corrected chi connectivity index (χ4v) is 1.96. The predicted molar refractivity (Wildman–Crippen MR) is 61.7 cm³/mol. The van der Waals surface area contributed by atoms with E-state index in [1.807, 2.05) is 0 Å². The summed E-state index contributed by atoms with van der Waals surface area (Å²) in [5.41, 5.74) is -0.580. The SMILES string of the molecule is OB(O)/C=C/C1(c2cccc(C(F)(F)F)c2)CC1. The normalized spacial score (nSPS) is 18.1. The van der Waals surface area contributed by atoms with Crippen LogP contribution < -0.4 is 0 Å². The molecule has 0 spiro atoms. The summed E-state index contributed by atoms with van der Waals surface area (Å²) in [6, 6.07) is 5.17. The van der Waals surface area contributed by atoms with Gasteiger partial charge in [-0.1, -0.05) is 30.3 Å². The van der Waals surface area contributed by atoms with Crippen LogP contribution in [0.15, 0.2) is 36.3 Å². The molecule has 0 atom stereocenters. The van der Waals surface area contributed by atoms with Crippen molar-refractivity contribution in [1.82, 2.24) is 0 Å². The molecule has 1 saturated carbocycles. The van der Waals surface area contributed by atoms with Crippen LogP contribution in [0.1, 0.15) is 24.0 Å². The van der Waals surface area contributed by atoms with Gasteiger partial charge in [-0.05, 0) is 24.5 Å². The Morgan fingerprint density at radius 2 is 1.89 bits per heavy atom. The van der Waals surface area contributed by atoms with Crippen molar-refractivity contribution in [3.63, 3.8) is 0 Å². The van der Waals surface area contributed by atoms with Crippen molar-refractivity contribution in [2.75, 3.05) is 0 Å². The molecule has 0 bridgehead atoms. The molecule has 1 aliphatic carbocycles. The molecule has 96 valence electrons. The molecule has 0 aromatic heterocycles. The fourth-order valence-electron chi connectivity index (χ4n) is 1.96. The summed E-state index contributed by atoms with van der Waals surface area (Å²) in [7, 11) is -1.58. The Morgan fingerprint density at radius 1 is 1.22 bits per heavy atom. The fraction of sp³-hybridized carbons (Fsp3) is 0.333. The van der Waals surface area contributed by atoms with E-state index in [0.29, 0.717) is 5.56 Å². The number of rotatable bonds is 3. The molecule has 0 radical (unpaired) electrons. The molecule has 1 fully saturated rings. The predicted octanol–water partition coefficient (Wildman–Crippen LogP) is 2.31. The zero-order chi connectivity index (χ0) is 13.4. The Morgan fingerprint density at radius 3 is 2.39 bits per heavy atom. The largest absolute Gasteiger partial charge is 0.480 e. The molecular weight excluding hydrogens is 244 g/mol. The van der Waals surface area contributed by atoms with Crippen molar-refractivity contribution in [3.8, 4) is 0 Å². The maximum absolute atomic E-state index is 12.6. The average Bonchev–Trinajstić information content (AvgIpc) is 3.07. The molecule has 0 unspecified atom stereocenters. The first-order valence-corrected chi connectivity index (χ1v) is 5.57. The molecule has 18 heavy (non-hydrogen) atoms. The number of halogens is 3. The van der Waals surface area contributed by atoms with Crippen LogP contribution in [0.25, 0.3) is 0 Å². The van der Waals surface area contributed by atoms with E-state index in [1.165, 1.54) is 12.0 Å². The van der Waals surface area contributed by atoms with Gasteiger partial charge in [-0.25, -0.2) is 0 Å². The minimum absolute atomic E-state index is 0.467. The minimum atomic E-state index is -4.35. The molecule has 0 amide bonds. The molecule has 2 rings (SSSR count). The van der Waals surface area contributed by atoms with Crippen molar-refractivity contribution in [2.24, 2.45) is 0 Å². The van der Waals surface area contributed by atoms with Gasteiger partial charge in [0, 0.05) is 5.41 Å². The molecular formula is C12H12BF3O2. The summed E-state index contributed by atoms with van der Waals surface area (Å²) in [5, 5.41) is 17.5.